The van der Waals surface area contributed by atoms with Gasteiger partial charge >= 0.3 is 0 Å². The largest absolute Gasteiger partial charge is 0.382 e. The summed E-state index contributed by atoms with van der Waals surface area (Å²) in [6.45, 7) is 4.30. The highest BCUT2D eigenvalue weighted by Gasteiger charge is 2.15. The lowest BCUT2D eigenvalue weighted by Gasteiger charge is -2.26. The first-order valence-corrected chi connectivity index (χ1v) is 9.62. The van der Waals surface area contributed by atoms with Crippen molar-refractivity contribution in [2.24, 2.45) is 0 Å². The number of benzene rings is 2. The Labute approximate surface area is 160 Å². The molecule has 140 valence electrons. The van der Waals surface area contributed by atoms with Gasteiger partial charge in [-0.2, -0.15) is 0 Å². The zero-order valence-corrected chi connectivity index (χ0v) is 16.3. The topological polar surface area (TPSA) is 53.1 Å². The van der Waals surface area contributed by atoms with Crippen LogP contribution in [0.4, 0.5) is 11.6 Å². The van der Waals surface area contributed by atoms with E-state index in [2.05, 4.69) is 52.9 Å². The van der Waals surface area contributed by atoms with Gasteiger partial charge < -0.3 is 15.5 Å². The lowest BCUT2D eigenvalue weighted by atomic mass is 9.99. The minimum Gasteiger partial charge on any atom is -0.382 e. The fourth-order valence-corrected chi connectivity index (χ4v) is 3.65. The smallest absolute Gasteiger partial charge is 0.225 e. The first-order chi connectivity index (χ1) is 13.1. The number of hydrogen-bond acceptors (Lipinski definition) is 5. The summed E-state index contributed by atoms with van der Waals surface area (Å²) in [5, 5.41) is 9.76. The van der Waals surface area contributed by atoms with Crippen LogP contribution in [0.5, 0.6) is 0 Å². The van der Waals surface area contributed by atoms with Crippen LogP contribution in [-0.2, 0) is 0 Å². The summed E-state index contributed by atoms with van der Waals surface area (Å²) in [6.07, 6.45) is 4.13. The lowest BCUT2D eigenvalue weighted by molar-refractivity contribution is 0.479. The Morgan fingerprint density at radius 3 is 2.67 bits per heavy atom. The van der Waals surface area contributed by atoms with Gasteiger partial charge in [-0.05, 0) is 62.5 Å². The quantitative estimate of drug-likeness (QED) is 0.740. The summed E-state index contributed by atoms with van der Waals surface area (Å²) in [6, 6.07) is 13.6. The molecule has 0 radical (unpaired) electrons. The first kappa shape index (κ1) is 17.7. The molecule has 4 rings (SSSR count). The zero-order chi connectivity index (χ0) is 18.8. The van der Waals surface area contributed by atoms with Crippen molar-refractivity contribution in [3.05, 3.63) is 48.2 Å². The summed E-state index contributed by atoms with van der Waals surface area (Å²) in [5.41, 5.74) is 4.54. The molecule has 0 amide bonds. The fraction of sp³-hybridized carbons (Fsp3) is 0.364. The van der Waals surface area contributed by atoms with E-state index in [0.29, 0.717) is 6.04 Å². The van der Waals surface area contributed by atoms with E-state index in [1.807, 2.05) is 31.3 Å². The molecule has 0 atom stereocenters. The number of hydrogen-bond donors (Lipinski definition) is 2. The van der Waals surface area contributed by atoms with Gasteiger partial charge in [0.25, 0.3) is 0 Å². The van der Waals surface area contributed by atoms with Gasteiger partial charge in [-0.25, -0.2) is 9.97 Å². The van der Waals surface area contributed by atoms with Crippen LogP contribution in [0.2, 0.25) is 0 Å². The fourth-order valence-electron chi connectivity index (χ4n) is 3.65. The average molecular weight is 361 g/mol. The van der Waals surface area contributed by atoms with Crippen LogP contribution in [-0.4, -0.2) is 43.2 Å². The molecule has 2 aromatic carbocycles. The minimum absolute atomic E-state index is 0.507. The van der Waals surface area contributed by atoms with E-state index >= 15 is 0 Å². The van der Waals surface area contributed by atoms with Crippen molar-refractivity contribution in [3.63, 3.8) is 0 Å². The van der Waals surface area contributed by atoms with Crippen LogP contribution >= 0.6 is 0 Å². The number of fused-ring (bicyclic) bond motifs is 1. The molecule has 0 spiro atoms. The molecule has 5 heteroatoms. The van der Waals surface area contributed by atoms with Crippen LogP contribution in [0.1, 0.15) is 18.4 Å². The third-order valence-electron chi connectivity index (χ3n) is 5.15. The van der Waals surface area contributed by atoms with Crippen molar-refractivity contribution in [3.8, 4) is 11.3 Å². The van der Waals surface area contributed by atoms with Crippen LogP contribution in [0, 0.1) is 6.92 Å². The van der Waals surface area contributed by atoms with Crippen LogP contribution < -0.4 is 15.5 Å². The van der Waals surface area contributed by atoms with Crippen LogP contribution in [0.15, 0.2) is 42.6 Å². The predicted molar refractivity (Wildman–Crippen MR) is 114 cm³/mol. The van der Waals surface area contributed by atoms with E-state index in [9.17, 15) is 0 Å². The zero-order valence-electron chi connectivity index (χ0n) is 16.3. The van der Waals surface area contributed by atoms with Crippen molar-refractivity contribution in [1.82, 2.24) is 15.3 Å². The third-order valence-corrected chi connectivity index (χ3v) is 5.15. The summed E-state index contributed by atoms with van der Waals surface area (Å²) in [4.78, 5) is 11.0. The Balaban J connectivity index is 1.79. The van der Waals surface area contributed by atoms with Gasteiger partial charge in [-0.15, -0.1) is 0 Å². The Hall–Kier alpha value is -2.66. The van der Waals surface area contributed by atoms with Gasteiger partial charge in [-0.1, -0.05) is 17.7 Å². The first-order valence-electron chi connectivity index (χ1n) is 9.62. The Bertz CT molecular complexity index is 945. The summed E-state index contributed by atoms with van der Waals surface area (Å²) in [5.74, 6) is 0.726. The highest BCUT2D eigenvalue weighted by atomic mass is 15.2. The summed E-state index contributed by atoms with van der Waals surface area (Å²) >= 11 is 0. The average Bonchev–Trinajstić information content (AvgIpc) is 2.69. The molecule has 0 unspecified atom stereocenters. The lowest BCUT2D eigenvalue weighted by Crippen LogP contribution is -2.35. The predicted octanol–water partition coefficient (Wildman–Crippen LogP) is 3.84. The highest BCUT2D eigenvalue weighted by Crippen LogP contribution is 2.32. The van der Waals surface area contributed by atoms with E-state index < -0.39 is 0 Å². The maximum Gasteiger partial charge on any atom is 0.225 e. The molecule has 1 saturated heterocycles. The maximum atomic E-state index is 4.73. The molecule has 1 aromatic heterocycles. The van der Waals surface area contributed by atoms with E-state index in [1.165, 1.54) is 22.0 Å². The molecule has 1 fully saturated rings. The molecule has 0 aliphatic carbocycles. The van der Waals surface area contributed by atoms with Crippen molar-refractivity contribution < 1.29 is 0 Å². The molecule has 0 saturated carbocycles. The Morgan fingerprint density at radius 2 is 1.89 bits per heavy atom. The van der Waals surface area contributed by atoms with Crippen LogP contribution in [0.25, 0.3) is 22.0 Å². The molecule has 3 aromatic rings. The molecule has 1 aliphatic heterocycles. The van der Waals surface area contributed by atoms with E-state index in [4.69, 9.17) is 4.98 Å². The van der Waals surface area contributed by atoms with E-state index in [-0.39, 0.29) is 0 Å². The molecule has 0 bridgehead atoms. The number of aromatic nitrogens is 2. The van der Waals surface area contributed by atoms with Gasteiger partial charge in [0.05, 0.1) is 5.69 Å². The standard InChI is InChI=1S/C22H27N5/c1-15-4-5-16-13-17(20-8-11-24-22(26-20)27(2)3)14-21(19(16)12-15)25-18-6-9-23-10-7-18/h4-5,8,11-14,18,23,25H,6-7,9-10H2,1-3H3. The third kappa shape index (κ3) is 3.88. The van der Waals surface area contributed by atoms with Crippen molar-refractivity contribution in [2.75, 3.05) is 37.4 Å². The van der Waals surface area contributed by atoms with Gasteiger partial charge in [0.1, 0.15) is 0 Å². The second-order valence-electron chi connectivity index (χ2n) is 7.55. The number of aryl methyl sites for hydroxylation is 1. The van der Waals surface area contributed by atoms with E-state index in [0.717, 1.165) is 43.1 Å². The van der Waals surface area contributed by atoms with Crippen molar-refractivity contribution in [1.29, 1.82) is 0 Å². The summed E-state index contributed by atoms with van der Waals surface area (Å²) in [7, 11) is 3.93. The summed E-state index contributed by atoms with van der Waals surface area (Å²) < 4.78 is 0. The molecule has 27 heavy (non-hydrogen) atoms. The number of nitrogens with zero attached hydrogens (tertiary/aromatic N) is 3. The van der Waals surface area contributed by atoms with Crippen LogP contribution in [0.3, 0.4) is 0 Å². The molecule has 2 N–H and O–H groups in total. The van der Waals surface area contributed by atoms with Gasteiger partial charge in [0, 0.05) is 43.0 Å². The molecule has 1 aliphatic rings. The van der Waals surface area contributed by atoms with Crippen molar-refractivity contribution in [2.45, 2.75) is 25.8 Å². The second kappa shape index (κ2) is 7.53. The number of anilines is 2. The number of piperidine rings is 1. The minimum atomic E-state index is 0.507. The maximum absolute atomic E-state index is 4.73. The normalized spacial score (nSPS) is 15.1. The SMILES string of the molecule is Cc1ccc2cc(-c3ccnc(N(C)C)n3)cc(NC3CCNCC3)c2c1. The number of nitrogens with one attached hydrogen (secondary N) is 2. The molecule has 2 heterocycles. The van der Waals surface area contributed by atoms with Crippen molar-refractivity contribution >= 4 is 22.4 Å². The monoisotopic (exact) mass is 361 g/mol. The van der Waals surface area contributed by atoms with Gasteiger partial charge in [0.15, 0.2) is 0 Å². The molecular weight excluding hydrogens is 334 g/mol. The van der Waals surface area contributed by atoms with Gasteiger partial charge in [0.2, 0.25) is 5.95 Å². The second-order valence-corrected chi connectivity index (χ2v) is 7.55. The molecule has 5 nitrogen and oxygen atoms in total. The number of rotatable bonds is 4. The Kier molecular flexibility index (Phi) is 4.94. The highest BCUT2D eigenvalue weighted by molar-refractivity contribution is 5.98. The van der Waals surface area contributed by atoms with E-state index in [1.54, 1.807) is 0 Å². The molecular formula is C22H27N5. The Morgan fingerprint density at radius 1 is 1.07 bits per heavy atom. The van der Waals surface area contributed by atoms with Gasteiger partial charge in [-0.3, -0.25) is 0 Å².